The van der Waals surface area contributed by atoms with Crippen LogP contribution in [0.5, 0.6) is 5.75 Å². The molecule has 0 radical (unpaired) electrons. The number of ether oxygens (including phenoxy) is 1. The third kappa shape index (κ3) is 4.21. The van der Waals surface area contributed by atoms with Crippen LogP contribution in [0.25, 0.3) is 0 Å². The molecule has 0 aliphatic carbocycles. The second-order valence-electron chi connectivity index (χ2n) is 6.88. The quantitative estimate of drug-likeness (QED) is 0.558. The number of hydrogen-bond donors (Lipinski definition) is 3. The first-order chi connectivity index (χ1) is 14.1. The van der Waals surface area contributed by atoms with Gasteiger partial charge in [0.05, 0.1) is 49.6 Å². The molecule has 8 heteroatoms. The van der Waals surface area contributed by atoms with Gasteiger partial charge in [-0.05, 0) is 17.7 Å². The van der Waals surface area contributed by atoms with Crippen LogP contribution in [0, 0.1) is 11.8 Å². The Morgan fingerprint density at radius 3 is 2.69 bits per heavy atom. The van der Waals surface area contributed by atoms with E-state index < -0.39 is 11.3 Å². The van der Waals surface area contributed by atoms with E-state index in [-0.39, 0.29) is 24.6 Å². The minimum atomic E-state index is -0.592. The zero-order valence-corrected chi connectivity index (χ0v) is 15.6. The predicted octanol–water partition coefficient (Wildman–Crippen LogP) is 0.962. The van der Waals surface area contributed by atoms with E-state index in [0.717, 1.165) is 16.7 Å². The molecule has 2 aromatic heterocycles. The van der Waals surface area contributed by atoms with Crippen molar-refractivity contribution in [2.45, 2.75) is 18.4 Å². The Kier molecular flexibility index (Phi) is 5.42. The monoisotopic (exact) mass is 392 g/mol. The first-order valence-electron chi connectivity index (χ1n) is 9.24. The molecule has 3 aromatic rings. The van der Waals surface area contributed by atoms with Crippen molar-refractivity contribution in [3.8, 4) is 17.6 Å². The smallest absolute Gasteiger partial charge is 0.293 e. The number of rotatable bonds is 5. The molecule has 29 heavy (non-hydrogen) atoms. The fraction of sp³-hybridized carbons (Fsp3) is 0.286. The minimum Gasteiger partial charge on any atom is -0.502 e. The van der Waals surface area contributed by atoms with Gasteiger partial charge < -0.3 is 19.9 Å². The lowest BCUT2D eigenvalue weighted by Crippen LogP contribution is -2.30. The van der Waals surface area contributed by atoms with Gasteiger partial charge in [0, 0.05) is 24.1 Å². The number of aromatic nitrogens is 4. The molecule has 0 spiro atoms. The van der Waals surface area contributed by atoms with Crippen molar-refractivity contribution in [2.75, 3.05) is 19.8 Å². The fourth-order valence-electron chi connectivity index (χ4n) is 3.06. The molecular weight excluding hydrogens is 372 g/mol. The maximum Gasteiger partial charge on any atom is 0.293 e. The summed E-state index contributed by atoms with van der Waals surface area (Å²) < 4.78 is 7.04. The number of hydrogen-bond acceptors (Lipinski definition) is 6. The predicted molar refractivity (Wildman–Crippen MR) is 105 cm³/mol. The summed E-state index contributed by atoms with van der Waals surface area (Å²) in [6.07, 6.45) is 5.14. The number of aliphatic hydroxyl groups is 1. The topological polar surface area (TPSA) is 113 Å². The van der Waals surface area contributed by atoms with Gasteiger partial charge in [-0.15, -0.1) is 0 Å². The van der Waals surface area contributed by atoms with Crippen molar-refractivity contribution in [1.82, 2.24) is 19.7 Å². The molecule has 148 valence electrons. The number of nitrogens with one attached hydrogen (secondary N) is 1. The molecule has 3 heterocycles. The average molecular weight is 392 g/mol. The summed E-state index contributed by atoms with van der Waals surface area (Å²) in [5, 5.41) is 23.9. The van der Waals surface area contributed by atoms with E-state index in [1.807, 2.05) is 35.1 Å². The van der Waals surface area contributed by atoms with Crippen LogP contribution in [-0.2, 0) is 11.2 Å². The Labute approximate surface area is 166 Å². The Morgan fingerprint density at radius 2 is 2.00 bits per heavy atom. The zero-order valence-electron chi connectivity index (χ0n) is 15.6. The highest BCUT2D eigenvalue weighted by Crippen LogP contribution is 2.22. The maximum absolute atomic E-state index is 11.5. The maximum atomic E-state index is 11.5. The van der Waals surface area contributed by atoms with E-state index in [2.05, 4.69) is 26.9 Å². The van der Waals surface area contributed by atoms with Crippen molar-refractivity contribution < 1.29 is 14.9 Å². The van der Waals surface area contributed by atoms with Crippen molar-refractivity contribution in [3.05, 3.63) is 75.7 Å². The molecule has 0 bridgehead atoms. The van der Waals surface area contributed by atoms with Crippen molar-refractivity contribution in [3.63, 3.8) is 0 Å². The highest BCUT2D eigenvalue weighted by Gasteiger charge is 2.20. The van der Waals surface area contributed by atoms with E-state index >= 15 is 0 Å². The number of H-pyrrole nitrogens is 1. The molecule has 8 nitrogen and oxygen atoms in total. The molecule has 4 rings (SSSR count). The molecule has 0 saturated carbocycles. The fourth-order valence-corrected chi connectivity index (χ4v) is 3.06. The molecule has 1 unspecified atom stereocenters. The molecule has 3 N–H and O–H groups in total. The normalized spacial score (nSPS) is 14.7. The van der Waals surface area contributed by atoms with Gasteiger partial charge in [0.25, 0.3) is 5.56 Å². The lowest BCUT2D eigenvalue weighted by molar-refractivity contribution is -0.0286. The number of aromatic hydroxyl groups is 1. The van der Waals surface area contributed by atoms with E-state index in [4.69, 9.17) is 4.74 Å². The van der Waals surface area contributed by atoms with Crippen LogP contribution in [-0.4, -0.2) is 49.8 Å². The third-order valence-electron chi connectivity index (χ3n) is 4.89. The summed E-state index contributed by atoms with van der Waals surface area (Å²) in [6, 6.07) is 7.81. The second kappa shape index (κ2) is 8.31. The van der Waals surface area contributed by atoms with Crippen LogP contribution in [0.15, 0.2) is 47.8 Å². The zero-order chi connectivity index (χ0) is 20.2. The van der Waals surface area contributed by atoms with Gasteiger partial charge in [-0.3, -0.25) is 9.48 Å². The lowest BCUT2D eigenvalue weighted by Gasteiger charge is -2.25. The summed E-state index contributed by atoms with van der Waals surface area (Å²) in [5.74, 6) is 5.49. The summed E-state index contributed by atoms with van der Waals surface area (Å²) in [4.78, 5) is 17.8. The molecule has 1 atom stereocenters. The van der Waals surface area contributed by atoms with Crippen LogP contribution in [0.4, 0.5) is 0 Å². The Balaban J connectivity index is 1.46. The van der Waals surface area contributed by atoms with E-state index in [1.165, 1.54) is 6.33 Å². The molecule has 1 saturated heterocycles. The molecule has 0 amide bonds. The number of benzene rings is 1. The van der Waals surface area contributed by atoms with E-state index in [9.17, 15) is 15.0 Å². The number of aliphatic hydroxyl groups excluding tert-OH is 1. The molecule has 1 aliphatic rings. The van der Waals surface area contributed by atoms with Gasteiger partial charge in [0.1, 0.15) is 0 Å². The SMILES string of the molecule is O=c1[nH]cnc(CC(CO)c2ccc(C#Cc3cnn(C4COC4)c3)cc2)c1O. The summed E-state index contributed by atoms with van der Waals surface area (Å²) in [7, 11) is 0. The number of aromatic amines is 1. The Bertz CT molecular complexity index is 1100. The van der Waals surface area contributed by atoms with Crippen LogP contribution in [0.2, 0.25) is 0 Å². The van der Waals surface area contributed by atoms with Gasteiger partial charge in [0.15, 0.2) is 0 Å². The van der Waals surface area contributed by atoms with Crippen LogP contribution >= 0.6 is 0 Å². The van der Waals surface area contributed by atoms with Crippen molar-refractivity contribution in [2.24, 2.45) is 0 Å². The largest absolute Gasteiger partial charge is 0.502 e. The van der Waals surface area contributed by atoms with Crippen LogP contribution < -0.4 is 5.56 Å². The molecule has 1 aliphatic heterocycles. The molecular formula is C21H20N4O4. The Hall–Kier alpha value is -3.41. The van der Waals surface area contributed by atoms with Crippen LogP contribution in [0.3, 0.4) is 0 Å². The summed E-state index contributed by atoms with van der Waals surface area (Å²) in [6.45, 7) is 1.24. The van der Waals surface area contributed by atoms with Gasteiger partial charge >= 0.3 is 0 Å². The first-order valence-corrected chi connectivity index (χ1v) is 9.24. The van der Waals surface area contributed by atoms with Crippen molar-refractivity contribution >= 4 is 0 Å². The highest BCUT2D eigenvalue weighted by molar-refractivity contribution is 5.42. The van der Waals surface area contributed by atoms with Crippen LogP contribution in [0.1, 0.15) is 34.3 Å². The highest BCUT2D eigenvalue weighted by atomic mass is 16.5. The lowest BCUT2D eigenvalue weighted by atomic mass is 9.94. The van der Waals surface area contributed by atoms with Gasteiger partial charge in [-0.2, -0.15) is 5.10 Å². The summed E-state index contributed by atoms with van der Waals surface area (Å²) >= 11 is 0. The van der Waals surface area contributed by atoms with E-state index in [0.29, 0.717) is 19.3 Å². The second-order valence-corrected chi connectivity index (χ2v) is 6.88. The standard InChI is InChI=1S/C21H20N4O4/c26-10-17(7-19-20(27)21(28)23-13-22-19)16-5-3-14(4-6-16)1-2-15-8-24-25(9-15)18-11-29-12-18/h3-6,8-9,13,17-18,26-27H,7,10-12H2,(H,22,23,28). The minimum absolute atomic E-state index is 0.136. The van der Waals surface area contributed by atoms with E-state index in [1.54, 1.807) is 6.20 Å². The first kappa shape index (κ1) is 18.9. The summed E-state index contributed by atoms with van der Waals surface area (Å²) in [5.41, 5.74) is 2.21. The average Bonchev–Trinajstić information content (AvgIpc) is 3.15. The van der Waals surface area contributed by atoms with Gasteiger partial charge in [-0.25, -0.2) is 4.98 Å². The number of nitrogens with zero attached hydrogens (tertiary/aromatic N) is 3. The van der Waals surface area contributed by atoms with Crippen molar-refractivity contribution in [1.29, 1.82) is 0 Å². The third-order valence-corrected chi connectivity index (χ3v) is 4.89. The van der Waals surface area contributed by atoms with Gasteiger partial charge in [-0.1, -0.05) is 24.0 Å². The Morgan fingerprint density at radius 1 is 1.24 bits per heavy atom. The molecule has 1 aromatic carbocycles. The molecule has 1 fully saturated rings. The van der Waals surface area contributed by atoms with Gasteiger partial charge in [0.2, 0.25) is 5.75 Å².